The molecule has 59 heavy (non-hydrogen) atoms. The molecule has 1 nitrogen and oxygen atoms in total. The average Bonchev–Trinajstić information content (AvgIpc) is 3.92. The molecule has 1 aromatic heterocycles. The van der Waals surface area contributed by atoms with E-state index in [1.165, 1.54) is 104 Å². The van der Waals surface area contributed by atoms with E-state index in [9.17, 15) is 0 Å². The maximum Gasteiger partial charge on any atom is 0.0726 e. The van der Waals surface area contributed by atoms with Gasteiger partial charge in [-0.05, 0) is 128 Å². The van der Waals surface area contributed by atoms with Gasteiger partial charge in [-0.15, -0.1) is 11.3 Å². The molecule has 12 rings (SSSR count). The summed E-state index contributed by atoms with van der Waals surface area (Å²) in [4.78, 5) is 2.53. The zero-order chi connectivity index (χ0) is 39.2. The Morgan fingerprint density at radius 2 is 0.949 bits per heavy atom. The molecule has 0 radical (unpaired) electrons. The smallest absolute Gasteiger partial charge is 0.0726 e. The minimum Gasteiger partial charge on any atom is -0.309 e. The minimum atomic E-state index is -0.474. The molecule has 0 saturated heterocycles. The van der Waals surface area contributed by atoms with Gasteiger partial charge in [0.15, 0.2) is 0 Å². The fourth-order valence-corrected chi connectivity index (χ4v) is 11.7. The van der Waals surface area contributed by atoms with E-state index < -0.39 is 5.41 Å². The minimum absolute atomic E-state index is 0.474. The van der Waals surface area contributed by atoms with Gasteiger partial charge in [-0.1, -0.05) is 164 Å². The molecular formula is C57H39NS. The molecule has 2 aliphatic carbocycles. The fraction of sp³-hybridized carbons (Fsp3) is 0.0526. The molecular weight excluding hydrogens is 731 g/mol. The molecule has 0 saturated carbocycles. The monoisotopic (exact) mass is 769 g/mol. The summed E-state index contributed by atoms with van der Waals surface area (Å²) in [7, 11) is 0. The maximum absolute atomic E-state index is 2.57. The first kappa shape index (κ1) is 34.1. The zero-order valence-corrected chi connectivity index (χ0v) is 33.7. The van der Waals surface area contributed by atoms with E-state index in [4.69, 9.17) is 0 Å². The molecule has 0 amide bonds. The van der Waals surface area contributed by atoms with E-state index in [-0.39, 0.29) is 0 Å². The van der Waals surface area contributed by atoms with Crippen molar-refractivity contribution < 1.29 is 0 Å². The van der Waals surface area contributed by atoms with Gasteiger partial charge in [-0.25, -0.2) is 0 Å². The Balaban J connectivity index is 1.20. The SMILES string of the molecule is Cc1ccccc1-c1ccc(N(c2ccc(-c3ccccc3)cc2)c2cc3c(c4c2sc2ccccc24)-c2ccccc2C32c3ccccc3-c3ccccc32)cc1C. The molecule has 10 aromatic rings. The van der Waals surface area contributed by atoms with Crippen LogP contribution in [0.1, 0.15) is 33.4 Å². The summed E-state index contributed by atoms with van der Waals surface area (Å²) in [6.45, 7) is 4.47. The number of fused-ring (bicyclic) bond motifs is 14. The number of benzene rings is 9. The summed E-state index contributed by atoms with van der Waals surface area (Å²) in [6.07, 6.45) is 0. The number of nitrogens with zero attached hydrogens (tertiary/aromatic N) is 1. The highest BCUT2D eigenvalue weighted by Gasteiger charge is 2.52. The fourth-order valence-electron chi connectivity index (χ4n) is 10.4. The van der Waals surface area contributed by atoms with Gasteiger partial charge in [0.2, 0.25) is 0 Å². The summed E-state index contributed by atoms with van der Waals surface area (Å²) >= 11 is 1.91. The highest BCUT2D eigenvalue weighted by Crippen LogP contribution is 2.66. The van der Waals surface area contributed by atoms with Crippen LogP contribution in [0.5, 0.6) is 0 Å². The molecule has 0 atom stereocenters. The predicted molar refractivity (Wildman–Crippen MR) is 251 cm³/mol. The van der Waals surface area contributed by atoms with Crippen molar-refractivity contribution in [3.8, 4) is 44.5 Å². The van der Waals surface area contributed by atoms with Crippen LogP contribution >= 0.6 is 11.3 Å². The topological polar surface area (TPSA) is 3.24 Å². The summed E-state index contributed by atoms with van der Waals surface area (Å²) < 4.78 is 2.59. The van der Waals surface area contributed by atoms with Gasteiger partial charge in [-0.2, -0.15) is 0 Å². The summed E-state index contributed by atoms with van der Waals surface area (Å²) in [5.74, 6) is 0. The van der Waals surface area contributed by atoms with Crippen molar-refractivity contribution in [3.63, 3.8) is 0 Å². The number of anilines is 3. The third kappa shape index (κ3) is 4.84. The van der Waals surface area contributed by atoms with Gasteiger partial charge in [0.25, 0.3) is 0 Å². The third-order valence-electron chi connectivity index (χ3n) is 13.0. The van der Waals surface area contributed by atoms with Crippen LogP contribution in [-0.2, 0) is 5.41 Å². The maximum atomic E-state index is 2.57. The van der Waals surface area contributed by atoms with Gasteiger partial charge in [0, 0.05) is 26.8 Å². The van der Waals surface area contributed by atoms with Crippen LogP contribution in [0.4, 0.5) is 17.1 Å². The Hall–Kier alpha value is -7.00. The summed E-state index contributed by atoms with van der Waals surface area (Å²) in [6, 6.07) is 74.7. The molecule has 2 heteroatoms. The molecule has 0 N–H and O–H groups in total. The number of thiophene rings is 1. The third-order valence-corrected chi connectivity index (χ3v) is 14.2. The van der Waals surface area contributed by atoms with Crippen molar-refractivity contribution in [1.29, 1.82) is 0 Å². The molecule has 0 unspecified atom stereocenters. The first-order valence-electron chi connectivity index (χ1n) is 20.5. The van der Waals surface area contributed by atoms with Gasteiger partial charge in [-0.3, -0.25) is 0 Å². The average molecular weight is 770 g/mol. The van der Waals surface area contributed by atoms with Crippen LogP contribution in [0.25, 0.3) is 64.7 Å². The Morgan fingerprint density at radius 1 is 0.407 bits per heavy atom. The number of hydrogen-bond donors (Lipinski definition) is 0. The number of rotatable bonds is 5. The van der Waals surface area contributed by atoms with Crippen LogP contribution in [0.15, 0.2) is 200 Å². The zero-order valence-electron chi connectivity index (χ0n) is 32.9. The highest BCUT2D eigenvalue weighted by molar-refractivity contribution is 7.26. The lowest BCUT2D eigenvalue weighted by Crippen LogP contribution is -2.26. The van der Waals surface area contributed by atoms with E-state index >= 15 is 0 Å². The lowest BCUT2D eigenvalue weighted by molar-refractivity contribution is 0.794. The second-order valence-electron chi connectivity index (χ2n) is 16.1. The predicted octanol–water partition coefficient (Wildman–Crippen LogP) is 15.8. The summed E-state index contributed by atoms with van der Waals surface area (Å²) in [5.41, 5.74) is 21.2. The van der Waals surface area contributed by atoms with Crippen LogP contribution < -0.4 is 4.90 Å². The van der Waals surface area contributed by atoms with Crippen LogP contribution in [0, 0.1) is 13.8 Å². The summed E-state index contributed by atoms with van der Waals surface area (Å²) in [5, 5.41) is 2.64. The van der Waals surface area contributed by atoms with Crippen molar-refractivity contribution in [3.05, 3.63) is 234 Å². The Bertz CT molecular complexity index is 3250. The Morgan fingerprint density at radius 3 is 1.64 bits per heavy atom. The van der Waals surface area contributed by atoms with E-state index in [0.717, 1.165) is 11.4 Å². The van der Waals surface area contributed by atoms with Crippen molar-refractivity contribution in [2.75, 3.05) is 4.90 Å². The number of hydrogen-bond acceptors (Lipinski definition) is 2. The molecule has 2 aliphatic rings. The molecule has 1 spiro atoms. The Kier molecular flexibility index (Phi) is 7.51. The van der Waals surface area contributed by atoms with Gasteiger partial charge in [0.05, 0.1) is 15.8 Å². The molecule has 1 heterocycles. The van der Waals surface area contributed by atoms with E-state index in [0.29, 0.717) is 0 Å². The molecule has 0 fully saturated rings. The largest absolute Gasteiger partial charge is 0.309 e. The van der Waals surface area contributed by atoms with Gasteiger partial charge >= 0.3 is 0 Å². The molecule has 0 aliphatic heterocycles. The van der Waals surface area contributed by atoms with Gasteiger partial charge in [0.1, 0.15) is 0 Å². The normalized spacial score (nSPS) is 13.1. The van der Waals surface area contributed by atoms with Crippen molar-refractivity contribution >= 4 is 48.6 Å². The van der Waals surface area contributed by atoms with E-state index in [2.05, 4.69) is 219 Å². The number of aryl methyl sites for hydroxylation is 2. The van der Waals surface area contributed by atoms with E-state index in [1.807, 2.05) is 11.3 Å². The van der Waals surface area contributed by atoms with Crippen LogP contribution in [-0.4, -0.2) is 0 Å². The first-order valence-corrected chi connectivity index (χ1v) is 21.3. The van der Waals surface area contributed by atoms with Crippen molar-refractivity contribution in [2.24, 2.45) is 0 Å². The lowest BCUT2D eigenvalue weighted by atomic mass is 9.70. The molecule has 0 bridgehead atoms. The van der Waals surface area contributed by atoms with E-state index in [1.54, 1.807) is 0 Å². The van der Waals surface area contributed by atoms with Crippen molar-refractivity contribution in [1.82, 2.24) is 0 Å². The second-order valence-corrected chi connectivity index (χ2v) is 17.1. The lowest BCUT2D eigenvalue weighted by Gasteiger charge is -2.33. The first-order chi connectivity index (χ1) is 29.1. The standard InChI is InChI=1S/C57H39NS/c1-36-16-6-7-19-42(36)43-33-32-41(34-37(43)2)58(40-30-28-39(29-31-40)38-17-4-3-5-18-38)52-35-51-54(55-47-23-11-15-27-53(47)59-56(52)55)46-22-10-14-26-50(46)57(51)48-24-12-8-20-44(48)45-21-9-13-25-49(45)57/h3-35H,1-2H3. The quantitative estimate of drug-likeness (QED) is 0.169. The highest BCUT2D eigenvalue weighted by atomic mass is 32.1. The van der Waals surface area contributed by atoms with Gasteiger partial charge < -0.3 is 4.90 Å². The second kappa shape index (κ2) is 13.0. The molecule has 9 aromatic carbocycles. The Labute approximate surface area is 349 Å². The molecule has 278 valence electrons. The van der Waals surface area contributed by atoms with Crippen LogP contribution in [0.3, 0.4) is 0 Å². The van der Waals surface area contributed by atoms with Crippen LogP contribution in [0.2, 0.25) is 0 Å². The van der Waals surface area contributed by atoms with Crippen molar-refractivity contribution in [2.45, 2.75) is 19.3 Å².